The molecule has 3 aromatic rings. The summed E-state index contributed by atoms with van der Waals surface area (Å²) in [6.07, 6.45) is 3.51. The number of rotatable bonds is 3. The molecule has 0 spiro atoms. The lowest BCUT2D eigenvalue weighted by molar-refractivity contribution is -0.114. The molecule has 0 bridgehead atoms. The van der Waals surface area contributed by atoms with Gasteiger partial charge in [0.15, 0.2) is 18.2 Å². The first kappa shape index (κ1) is 18.5. The zero-order valence-electron chi connectivity index (χ0n) is 14.0. The van der Waals surface area contributed by atoms with Crippen LogP contribution in [-0.2, 0) is 9.53 Å². The molecule has 1 aliphatic heterocycles. The van der Waals surface area contributed by atoms with Crippen LogP contribution in [-0.4, -0.2) is 21.7 Å². The Bertz CT molecular complexity index is 1090. The molecule has 0 amide bonds. The summed E-state index contributed by atoms with van der Waals surface area (Å²) in [5.41, 5.74) is 2.87. The van der Waals surface area contributed by atoms with Gasteiger partial charge in [-0.1, -0.05) is 23.2 Å². The van der Waals surface area contributed by atoms with Crippen molar-refractivity contribution in [2.45, 2.75) is 13.0 Å². The van der Waals surface area contributed by atoms with E-state index < -0.39 is 6.10 Å². The Balaban J connectivity index is 1.91. The van der Waals surface area contributed by atoms with Crippen molar-refractivity contribution in [2.24, 2.45) is 4.99 Å². The van der Waals surface area contributed by atoms with Crippen molar-refractivity contribution in [3.63, 3.8) is 0 Å². The molecule has 1 unspecified atom stereocenters. The van der Waals surface area contributed by atoms with E-state index >= 15 is 0 Å². The molecule has 0 saturated carbocycles. The van der Waals surface area contributed by atoms with Gasteiger partial charge in [0.1, 0.15) is 5.69 Å². The van der Waals surface area contributed by atoms with Crippen molar-refractivity contribution in [1.82, 2.24) is 9.55 Å². The van der Waals surface area contributed by atoms with Gasteiger partial charge in [-0.25, -0.2) is 9.98 Å². The maximum atomic E-state index is 11.7. The van der Waals surface area contributed by atoms with Crippen molar-refractivity contribution >= 4 is 63.7 Å². The molecule has 0 fully saturated rings. The molecule has 2 aromatic heterocycles. The molecule has 136 valence electrons. The molecule has 3 heterocycles. The summed E-state index contributed by atoms with van der Waals surface area (Å²) in [7, 11) is 0. The number of hydrogen-bond acceptors (Lipinski definition) is 4. The van der Waals surface area contributed by atoms with E-state index in [-0.39, 0.29) is 0 Å². The van der Waals surface area contributed by atoms with Crippen LogP contribution < -0.4 is 0 Å². The number of fused-ring (bicyclic) bond motifs is 1. The second-order valence-corrected chi connectivity index (χ2v) is 8.06. The summed E-state index contributed by atoms with van der Waals surface area (Å²) in [5, 5.41) is 1.04. The molecule has 5 nitrogen and oxygen atoms in total. The summed E-state index contributed by atoms with van der Waals surface area (Å²) in [5.74, 6) is 0.888. The minimum atomic E-state index is -0.787. The van der Waals surface area contributed by atoms with E-state index in [0.717, 1.165) is 15.4 Å². The van der Waals surface area contributed by atoms with E-state index in [0.29, 0.717) is 38.7 Å². The van der Waals surface area contributed by atoms with Gasteiger partial charge in [-0.3, -0.25) is 9.36 Å². The average Bonchev–Trinajstić information content (AvgIpc) is 3.03. The first-order chi connectivity index (χ1) is 13.0. The lowest BCUT2D eigenvalue weighted by Crippen LogP contribution is -2.21. The van der Waals surface area contributed by atoms with Crippen LogP contribution in [0.15, 0.2) is 47.7 Å². The second kappa shape index (κ2) is 7.26. The lowest BCUT2D eigenvalue weighted by atomic mass is 10.0. The summed E-state index contributed by atoms with van der Waals surface area (Å²) in [4.78, 5) is 20.7. The first-order valence-electron chi connectivity index (χ1n) is 7.97. The fourth-order valence-electron chi connectivity index (χ4n) is 2.99. The third kappa shape index (κ3) is 3.37. The molecular formula is C19H12Cl2IN3O2. The van der Waals surface area contributed by atoms with Gasteiger partial charge in [0, 0.05) is 26.5 Å². The van der Waals surface area contributed by atoms with Gasteiger partial charge < -0.3 is 4.74 Å². The van der Waals surface area contributed by atoms with Gasteiger partial charge in [0.2, 0.25) is 5.90 Å². The number of benzene rings is 1. The predicted molar refractivity (Wildman–Crippen MR) is 114 cm³/mol. The van der Waals surface area contributed by atoms with E-state index in [1.165, 1.54) is 0 Å². The highest BCUT2D eigenvalue weighted by Gasteiger charge is 2.28. The fraction of sp³-hybridized carbons (Fsp3) is 0.105. The van der Waals surface area contributed by atoms with Crippen molar-refractivity contribution in [1.29, 1.82) is 0 Å². The number of aldehydes is 1. The predicted octanol–water partition coefficient (Wildman–Crippen LogP) is 5.44. The van der Waals surface area contributed by atoms with Crippen LogP contribution in [0.25, 0.3) is 5.82 Å². The minimum absolute atomic E-state index is 0.328. The van der Waals surface area contributed by atoms with Crippen LogP contribution in [0.5, 0.6) is 0 Å². The number of pyridine rings is 1. The topological polar surface area (TPSA) is 56.5 Å². The number of hydrogen-bond donors (Lipinski definition) is 0. The number of carbonyl (C=O) groups is 1. The molecule has 27 heavy (non-hydrogen) atoms. The highest BCUT2D eigenvalue weighted by atomic mass is 127. The number of aliphatic imine (C=N–C) groups is 1. The fourth-order valence-corrected chi connectivity index (χ4v) is 4.05. The molecule has 0 aliphatic carbocycles. The molecule has 0 radical (unpaired) electrons. The van der Waals surface area contributed by atoms with E-state index in [2.05, 4.69) is 32.6 Å². The Morgan fingerprint density at radius 3 is 2.85 bits per heavy atom. The number of carbonyl (C=O) groups excluding carboxylic acids is 1. The molecule has 0 N–H and O–H groups in total. The molecule has 0 saturated heterocycles. The maximum absolute atomic E-state index is 11.7. The zero-order valence-corrected chi connectivity index (χ0v) is 17.7. The third-order valence-corrected chi connectivity index (χ3v) is 5.25. The Hall–Kier alpha value is -1.90. The zero-order chi connectivity index (χ0) is 19.1. The maximum Gasteiger partial charge on any atom is 0.240 e. The molecule has 1 atom stereocenters. The monoisotopic (exact) mass is 511 g/mol. The number of nitrogens with zero attached hydrogens (tertiary/aromatic N) is 3. The van der Waals surface area contributed by atoms with E-state index in [1.54, 1.807) is 29.0 Å². The summed E-state index contributed by atoms with van der Waals surface area (Å²) in [6.45, 7) is 1.90. The van der Waals surface area contributed by atoms with Crippen LogP contribution in [0.4, 0.5) is 5.69 Å². The third-order valence-electron chi connectivity index (χ3n) is 4.15. The van der Waals surface area contributed by atoms with Crippen molar-refractivity contribution in [3.8, 4) is 5.82 Å². The number of halogens is 3. The van der Waals surface area contributed by atoms with Gasteiger partial charge in [0.25, 0.3) is 0 Å². The van der Waals surface area contributed by atoms with Crippen LogP contribution in [0, 0.1) is 10.5 Å². The van der Waals surface area contributed by atoms with Gasteiger partial charge in [0.05, 0.1) is 10.7 Å². The molecule has 1 aromatic carbocycles. The second-order valence-electron chi connectivity index (χ2n) is 5.97. The summed E-state index contributed by atoms with van der Waals surface area (Å²) < 4.78 is 8.66. The first-order valence-corrected chi connectivity index (χ1v) is 9.81. The number of aromatic nitrogens is 2. The molecule has 1 aliphatic rings. The smallest absolute Gasteiger partial charge is 0.240 e. The van der Waals surface area contributed by atoms with Crippen molar-refractivity contribution < 1.29 is 9.53 Å². The largest absolute Gasteiger partial charge is 0.460 e. The highest BCUT2D eigenvalue weighted by molar-refractivity contribution is 14.1. The summed E-state index contributed by atoms with van der Waals surface area (Å²) in [6, 6.07) is 8.96. The van der Waals surface area contributed by atoms with Crippen LogP contribution in [0.3, 0.4) is 0 Å². The minimum Gasteiger partial charge on any atom is -0.460 e. The van der Waals surface area contributed by atoms with Gasteiger partial charge in [-0.05, 0) is 65.4 Å². The Kier molecular flexibility index (Phi) is 4.96. The number of aryl methyl sites for hydroxylation is 1. The van der Waals surface area contributed by atoms with E-state index in [4.69, 9.17) is 27.9 Å². The molecule has 8 heteroatoms. The van der Waals surface area contributed by atoms with Gasteiger partial charge >= 0.3 is 0 Å². The standard InChI is InChI=1S/C19H12Cl2IN3O2/c1-10-5-11(20)6-13-16(9-26)27-19(24-17(10)13)15-7-12(22)8-25(15)18-14(21)3-2-4-23-18/h2-9,16H,1H3. The van der Waals surface area contributed by atoms with Crippen molar-refractivity contribution in [3.05, 3.63) is 73.2 Å². The molecule has 4 rings (SSSR count). The normalized spacial score (nSPS) is 15.7. The van der Waals surface area contributed by atoms with E-state index in [9.17, 15) is 4.79 Å². The van der Waals surface area contributed by atoms with E-state index in [1.807, 2.05) is 25.3 Å². The highest BCUT2D eigenvalue weighted by Crippen LogP contribution is 2.38. The SMILES string of the molecule is Cc1cc(Cl)cc2c1N=C(c1cc(I)cn1-c1ncccc1Cl)OC2C=O. The average molecular weight is 512 g/mol. The Morgan fingerprint density at radius 1 is 1.30 bits per heavy atom. The summed E-state index contributed by atoms with van der Waals surface area (Å²) >= 11 is 14.7. The van der Waals surface area contributed by atoms with Gasteiger partial charge in [-0.15, -0.1) is 0 Å². The van der Waals surface area contributed by atoms with Crippen molar-refractivity contribution in [2.75, 3.05) is 0 Å². The number of ether oxygens (including phenoxy) is 1. The van der Waals surface area contributed by atoms with Crippen LogP contribution >= 0.6 is 45.8 Å². The Labute approximate surface area is 179 Å². The Morgan fingerprint density at radius 2 is 2.11 bits per heavy atom. The lowest BCUT2D eigenvalue weighted by Gasteiger charge is -2.24. The van der Waals surface area contributed by atoms with Gasteiger partial charge in [-0.2, -0.15) is 0 Å². The quantitative estimate of drug-likeness (QED) is 0.347. The molecular weight excluding hydrogens is 500 g/mol. The van der Waals surface area contributed by atoms with Crippen LogP contribution in [0.1, 0.15) is 22.9 Å². The van der Waals surface area contributed by atoms with Crippen LogP contribution in [0.2, 0.25) is 10.0 Å².